The standard InChI is InChI=1S/C20H20N4O2/c1-13-4-7-15(8-5-13)19-16(11-24-18(25)12-22(3)20(24)26)23-10-14(2)6-9-17(23)21-19/h4-10H,11-12H2,1-3H3. The number of pyridine rings is 1. The third-order valence-electron chi connectivity index (χ3n) is 4.73. The van der Waals surface area contributed by atoms with Crippen LogP contribution in [0.4, 0.5) is 4.79 Å². The highest BCUT2D eigenvalue weighted by Crippen LogP contribution is 2.27. The lowest BCUT2D eigenvalue weighted by molar-refractivity contribution is -0.125. The van der Waals surface area contributed by atoms with E-state index in [1.807, 2.05) is 60.8 Å². The molecule has 2 aromatic heterocycles. The molecule has 4 rings (SSSR count). The summed E-state index contributed by atoms with van der Waals surface area (Å²) >= 11 is 0. The Kier molecular flexibility index (Phi) is 3.76. The SMILES string of the molecule is Cc1ccc(-c2nc3ccc(C)cn3c2CN2C(=O)CN(C)C2=O)cc1. The zero-order valence-corrected chi connectivity index (χ0v) is 15.1. The summed E-state index contributed by atoms with van der Waals surface area (Å²) in [6.07, 6.45) is 1.99. The molecule has 6 nitrogen and oxygen atoms in total. The number of imide groups is 1. The van der Waals surface area contributed by atoms with E-state index in [0.29, 0.717) is 0 Å². The number of likely N-dealkylation sites (N-methyl/N-ethyl adjacent to an activating group) is 1. The minimum Gasteiger partial charge on any atom is -0.318 e. The fourth-order valence-corrected chi connectivity index (χ4v) is 3.27. The second kappa shape index (κ2) is 5.98. The first-order valence-corrected chi connectivity index (χ1v) is 8.54. The Morgan fingerprint density at radius 3 is 2.35 bits per heavy atom. The summed E-state index contributed by atoms with van der Waals surface area (Å²) in [5.41, 5.74) is 5.66. The number of aromatic nitrogens is 2. The number of carbonyl (C=O) groups excluding carboxylic acids is 2. The molecule has 6 heteroatoms. The predicted octanol–water partition coefficient (Wildman–Crippen LogP) is 3.01. The lowest BCUT2D eigenvalue weighted by Gasteiger charge is -2.15. The average molecular weight is 348 g/mol. The molecule has 0 atom stereocenters. The Bertz CT molecular complexity index is 1020. The fourth-order valence-electron chi connectivity index (χ4n) is 3.27. The van der Waals surface area contributed by atoms with Crippen molar-refractivity contribution in [2.75, 3.05) is 13.6 Å². The number of carbonyl (C=O) groups is 2. The summed E-state index contributed by atoms with van der Waals surface area (Å²) < 4.78 is 1.98. The van der Waals surface area contributed by atoms with E-state index in [-0.39, 0.29) is 25.0 Å². The molecule has 1 aliphatic heterocycles. The van der Waals surface area contributed by atoms with E-state index >= 15 is 0 Å². The molecule has 1 aliphatic rings. The molecule has 0 N–H and O–H groups in total. The molecule has 0 bridgehead atoms. The first-order chi connectivity index (χ1) is 12.4. The van der Waals surface area contributed by atoms with Crippen molar-refractivity contribution in [3.05, 3.63) is 59.4 Å². The quantitative estimate of drug-likeness (QED) is 0.684. The number of benzene rings is 1. The van der Waals surface area contributed by atoms with Crippen LogP contribution in [0.5, 0.6) is 0 Å². The fraction of sp³-hybridized carbons (Fsp3) is 0.250. The van der Waals surface area contributed by atoms with Gasteiger partial charge in [-0.15, -0.1) is 0 Å². The third kappa shape index (κ3) is 2.63. The van der Waals surface area contributed by atoms with Gasteiger partial charge in [-0.1, -0.05) is 35.9 Å². The normalized spacial score (nSPS) is 14.7. The number of urea groups is 1. The maximum atomic E-state index is 12.3. The largest absolute Gasteiger partial charge is 0.327 e. The Hall–Kier alpha value is -3.15. The topological polar surface area (TPSA) is 57.9 Å². The van der Waals surface area contributed by atoms with E-state index in [0.717, 1.165) is 28.2 Å². The van der Waals surface area contributed by atoms with Gasteiger partial charge in [-0.3, -0.25) is 9.69 Å². The van der Waals surface area contributed by atoms with Gasteiger partial charge < -0.3 is 9.30 Å². The van der Waals surface area contributed by atoms with Gasteiger partial charge in [-0.05, 0) is 25.5 Å². The van der Waals surface area contributed by atoms with Gasteiger partial charge in [0.25, 0.3) is 5.91 Å². The Balaban J connectivity index is 1.86. The molecule has 1 aromatic carbocycles. The van der Waals surface area contributed by atoms with Crippen LogP contribution in [0, 0.1) is 13.8 Å². The highest BCUT2D eigenvalue weighted by molar-refractivity contribution is 6.01. The number of aryl methyl sites for hydroxylation is 2. The summed E-state index contributed by atoms with van der Waals surface area (Å²) in [5.74, 6) is -0.185. The molecular weight excluding hydrogens is 328 g/mol. The predicted molar refractivity (Wildman–Crippen MR) is 98.7 cm³/mol. The highest BCUT2D eigenvalue weighted by Gasteiger charge is 2.34. The molecule has 0 spiro atoms. The van der Waals surface area contributed by atoms with Crippen LogP contribution in [0.3, 0.4) is 0 Å². The first kappa shape index (κ1) is 16.3. The summed E-state index contributed by atoms with van der Waals surface area (Å²) in [6, 6.07) is 11.8. The van der Waals surface area contributed by atoms with Crippen LogP contribution >= 0.6 is 0 Å². The minimum atomic E-state index is -0.271. The van der Waals surface area contributed by atoms with Gasteiger partial charge >= 0.3 is 6.03 Å². The van der Waals surface area contributed by atoms with Gasteiger partial charge in [-0.25, -0.2) is 9.78 Å². The highest BCUT2D eigenvalue weighted by atomic mass is 16.2. The second-order valence-corrected chi connectivity index (χ2v) is 6.83. The molecule has 132 valence electrons. The van der Waals surface area contributed by atoms with Crippen LogP contribution in [-0.4, -0.2) is 44.7 Å². The van der Waals surface area contributed by atoms with Crippen molar-refractivity contribution in [1.29, 1.82) is 0 Å². The van der Waals surface area contributed by atoms with E-state index in [1.165, 1.54) is 15.4 Å². The van der Waals surface area contributed by atoms with Crippen molar-refractivity contribution in [3.63, 3.8) is 0 Å². The van der Waals surface area contributed by atoms with Crippen molar-refractivity contribution in [3.8, 4) is 11.3 Å². The summed E-state index contributed by atoms with van der Waals surface area (Å²) in [6.45, 7) is 4.37. The van der Waals surface area contributed by atoms with Crippen LogP contribution in [0.15, 0.2) is 42.6 Å². The number of hydrogen-bond acceptors (Lipinski definition) is 3. The molecule has 1 saturated heterocycles. The third-order valence-corrected chi connectivity index (χ3v) is 4.73. The van der Waals surface area contributed by atoms with Crippen molar-refractivity contribution in [2.24, 2.45) is 0 Å². The minimum absolute atomic E-state index is 0.120. The van der Waals surface area contributed by atoms with Crippen molar-refractivity contribution >= 4 is 17.6 Å². The van der Waals surface area contributed by atoms with Crippen molar-refractivity contribution in [1.82, 2.24) is 19.2 Å². The first-order valence-electron chi connectivity index (χ1n) is 8.54. The number of amides is 3. The Morgan fingerprint density at radius 2 is 1.69 bits per heavy atom. The van der Waals surface area contributed by atoms with Gasteiger partial charge in [0.2, 0.25) is 0 Å². The summed E-state index contributed by atoms with van der Waals surface area (Å²) in [7, 11) is 1.64. The van der Waals surface area contributed by atoms with Gasteiger partial charge in [0, 0.05) is 18.8 Å². The number of rotatable bonds is 3. The molecular formula is C20H20N4O2. The van der Waals surface area contributed by atoms with E-state index in [4.69, 9.17) is 4.98 Å². The molecule has 3 heterocycles. The average Bonchev–Trinajstić information content (AvgIpc) is 3.08. The zero-order chi connectivity index (χ0) is 18.4. The smallest absolute Gasteiger partial charge is 0.318 e. The van der Waals surface area contributed by atoms with Crippen LogP contribution in [0.25, 0.3) is 16.9 Å². The lowest BCUT2D eigenvalue weighted by atomic mass is 10.1. The molecule has 1 fully saturated rings. The Morgan fingerprint density at radius 1 is 1.00 bits per heavy atom. The number of imidazole rings is 1. The maximum Gasteiger partial charge on any atom is 0.327 e. The van der Waals surface area contributed by atoms with Crippen molar-refractivity contribution < 1.29 is 9.59 Å². The molecule has 3 amide bonds. The Labute approximate surface area is 151 Å². The number of hydrogen-bond donors (Lipinski definition) is 0. The van der Waals surface area contributed by atoms with Crippen LogP contribution in [0.2, 0.25) is 0 Å². The lowest BCUT2D eigenvalue weighted by Crippen LogP contribution is -2.31. The van der Waals surface area contributed by atoms with Gasteiger partial charge in [0.05, 0.1) is 17.9 Å². The zero-order valence-electron chi connectivity index (χ0n) is 15.1. The molecule has 3 aromatic rings. The van der Waals surface area contributed by atoms with Gasteiger partial charge in [-0.2, -0.15) is 0 Å². The van der Waals surface area contributed by atoms with Gasteiger partial charge in [0.1, 0.15) is 12.2 Å². The van der Waals surface area contributed by atoms with Crippen LogP contribution < -0.4 is 0 Å². The number of fused-ring (bicyclic) bond motifs is 1. The van der Waals surface area contributed by atoms with Gasteiger partial charge in [0.15, 0.2) is 0 Å². The van der Waals surface area contributed by atoms with E-state index in [1.54, 1.807) is 7.05 Å². The maximum absolute atomic E-state index is 12.3. The van der Waals surface area contributed by atoms with E-state index in [2.05, 4.69) is 0 Å². The summed E-state index contributed by atoms with van der Waals surface area (Å²) in [5, 5.41) is 0. The second-order valence-electron chi connectivity index (χ2n) is 6.83. The molecule has 0 aliphatic carbocycles. The molecule has 0 unspecified atom stereocenters. The molecule has 26 heavy (non-hydrogen) atoms. The molecule has 0 radical (unpaired) electrons. The van der Waals surface area contributed by atoms with Crippen LogP contribution in [-0.2, 0) is 11.3 Å². The number of nitrogens with zero attached hydrogens (tertiary/aromatic N) is 4. The van der Waals surface area contributed by atoms with Crippen LogP contribution in [0.1, 0.15) is 16.8 Å². The van der Waals surface area contributed by atoms with E-state index in [9.17, 15) is 9.59 Å². The summed E-state index contributed by atoms with van der Waals surface area (Å²) in [4.78, 5) is 32.1. The van der Waals surface area contributed by atoms with E-state index < -0.39 is 0 Å². The molecule has 0 saturated carbocycles. The monoisotopic (exact) mass is 348 g/mol. The van der Waals surface area contributed by atoms with Crippen molar-refractivity contribution in [2.45, 2.75) is 20.4 Å².